The van der Waals surface area contributed by atoms with E-state index in [1.54, 1.807) is 36.8 Å². The van der Waals surface area contributed by atoms with E-state index in [1.807, 2.05) is 42.5 Å². The second-order valence-corrected chi connectivity index (χ2v) is 6.68. The third kappa shape index (κ3) is 4.47. The highest BCUT2D eigenvalue weighted by atomic mass is 16.2. The third-order valence-corrected chi connectivity index (χ3v) is 4.63. The fraction of sp³-hybridized carbons (Fsp3) is 0.0417. The van der Waals surface area contributed by atoms with Crippen LogP contribution in [0.2, 0.25) is 0 Å². The van der Waals surface area contributed by atoms with E-state index in [9.17, 15) is 9.59 Å². The quantitative estimate of drug-likeness (QED) is 0.542. The maximum atomic E-state index is 12.6. The molecule has 142 valence electrons. The molecule has 5 heteroatoms. The number of carbonyl (C=O) groups is 1. The SMILES string of the molecule is O=C(Nc1cc(-c2ccncc2)c[nH]c1=O)c1ccc(Cc2ccccc2)cc1. The molecule has 2 aromatic carbocycles. The highest BCUT2D eigenvalue weighted by Gasteiger charge is 2.10. The molecule has 0 saturated heterocycles. The summed E-state index contributed by atoms with van der Waals surface area (Å²) >= 11 is 0. The lowest BCUT2D eigenvalue weighted by atomic mass is 10.0. The third-order valence-electron chi connectivity index (χ3n) is 4.63. The summed E-state index contributed by atoms with van der Waals surface area (Å²) < 4.78 is 0. The number of amides is 1. The van der Waals surface area contributed by atoms with Crippen molar-refractivity contribution >= 4 is 11.6 Å². The predicted octanol–water partition coefficient (Wildman–Crippen LogP) is 4.28. The molecule has 2 aromatic heterocycles. The van der Waals surface area contributed by atoms with Crippen molar-refractivity contribution in [3.05, 3.63) is 118 Å². The van der Waals surface area contributed by atoms with Crippen LogP contribution in [-0.2, 0) is 6.42 Å². The number of benzene rings is 2. The van der Waals surface area contributed by atoms with E-state index in [0.717, 1.165) is 23.1 Å². The lowest BCUT2D eigenvalue weighted by Crippen LogP contribution is -2.19. The number of H-pyrrole nitrogens is 1. The summed E-state index contributed by atoms with van der Waals surface area (Å²) in [7, 11) is 0. The van der Waals surface area contributed by atoms with Gasteiger partial charge in [0.15, 0.2) is 0 Å². The zero-order valence-corrected chi connectivity index (χ0v) is 15.6. The normalized spacial score (nSPS) is 10.5. The monoisotopic (exact) mass is 381 g/mol. The topological polar surface area (TPSA) is 74.8 Å². The first-order chi connectivity index (χ1) is 14.2. The molecule has 0 atom stereocenters. The van der Waals surface area contributed by atoms with Gasteiger partial charge < -0.3 is 10.3 Å². The second-order valence-electron chi connectivity index (χ2n) is 6.68. The van der Waals surface area contributed by atoms with Crippen LogP contribution in [0.5, 0.6) is 0 Å². The number of aromatic nitrogens is 2. The molecule has 4 rings (SSSR count). The Kier molecular flexibility index (Phi) is 5.29. The van der Waals surface area contributed by atoms with Crippen LogP contribution >= 0.6 is 0 Å². The number of pyridine rings is 2. The number of aromatic amines is 1. The Labute approximate surface area is 168 Å². The van der Waals surface area contributed by atoms with Crippen LogP contribution in [0.25, 0.3) is 11.1 Å². The molecule has 0 spiro atoms. The van der Waals surface area contributed by atoms with Crippen molar-refractivity contribution < 1.29 is 4.79 Å². The molecule has 2 heterocycles. The van der Waals surface area contributed by atoms with E-state index >= 15 is 0 Å². The molecular weight excluding hydrogens is 362 g/mol. The molecule has 0 radical (unpaired) electrons. The summed E-state index contributed by atoms with van der Waals surface area (Å²) in [6.07, 6.45) is 5.77. The summed E-state index contributed by atoms with van der Waals surface area (Å²) in [4.78, 5) is 31.4. The van der Waals surface area contributed by atoms with Gasteiger partial charge in [-0.3, -0.25) is 14.6 Å². The summed E-state index contributed by atoms with van der Waals surface area (Å²) in [5.74, 6) is -0.325. The average Bonchev–Trinajstić information content (AvgIpc) is 2.77. The number of nitrogens with zero attached hydrogens (tertiary/aromatic N) is 1. The number of carbonyl (C=O) groups excluding carboxylic acids is 1. The maximum absolute atomic E-state index is 12.6. The molecule has 0 unspecified atom stereocenters. The van der Waals surface area contributed by atoms with E-state index in [-0.39, 0.29) is 17.2 Å². The fourth-order valence-electron chi connectivity index (χ4n) is 3.09. The van der Waals surface area contributed by atoms with E-state index in [1.165, 1.54) is 5.56 Å². The van der Waals surface area contributed by atoms with Crippen molar-refractivity contribution in [3.63, 3.8) is 0 Å². The lowest BCUT2D eigenvalue weighted by Gasteiger charge is -2.08. The van der Waals surface area contributed by atoms with E-state index in [0.29, 0.717) is 5.56 Å². The van der Waals surface area contributed by atoms with Gasteiger partial charge in [0.25, 0.3) is 11.5 Å². The molecule has 29 heavy (non-hydrogen) atoms. The van der Waals surface area contributed by atoms with Crippen LogP contribution in [0.4, 0.5) is 5.69 Å². The zero-order chi connectivity index (χ0) is 20.1. The largest absolute Gasteiger partial charge is 0.327 e. The molecule has 0 aliphatic carbocycles. The zero-order valence-electron chi connectivity index (χ0n) is 15.6. The number of hydrogen-bond acceptors (Lipinski definition) is 3. The van der Waals surface area contributed by atoms with Crippen LogP contribution in [0.1, 0.15) is 21.5 Å². The minimum absolute atomic E-state index is 0.206. The Morgan fingerprint density at radius 3 is 2.28 bits per heavy atom. The van der Waals surface area contributed by atoms with Crippen LogP contribution in [0, 0.1) is 0 Å². The van der Waals surface area contributed by atoms with Crippen molar-refractivity contribution in [3.8, 4) is 11.1 Å². The molecular formula is C24H19N3O2. The minimum atomic E-state index is -0.350. The van der Waals surface area contributed by atoms with Crippen LogP contribution in [-0.4, -0.2) is 15.9 Å². The van der Waals surface area contributed by atoms with Gasteiger partial charge in [0.05, 0.1) is 0 Å². The number of hydrogen-bond donors (Lipinski definition) is 2. The summed E-state index contributed by atoms with van der Waals surface area (Å²) in [5, 5.41) is 2.71. The van der Waals surface area contributed by atoms with Gasteiger partial charge in [-0.05, 0) is 53.4 Å². The predicted molar refractivity (Wildman–Crippen MR) is 114 cm³/mol. The highest BCUT2D eigenvalue weighted by Crippen LogP contribution is 2.19. The van der Waals surface area contributed by atoms with Gasteiger partial charge in [-0.2, -0.15) is 0 Å². The standard InChI is InChI=1S/C24H19N3O2/c28-23(20-8-6-18(7-9-20)14-17-4-2-1-3-5-17)27-22-15-21(16-26-24(22)29)19-10-12-25-13-11-19/h1-13,15-16H,14H2,(H,26,29)(H,27,28). The molecule has 0 aliphatic rings. The van der Waals surface area contributed by atoms with Crippen molar-refractivity contribution in [2.45, 2.75) is 6.42 Å². The molecule has 5 nitrogen and oxygen atoms in total. The molecule has 0 fully saturated rings. The summed E-state index contributed by atoms with van der Waals surface area (Å²) in [5.41, 5.74) is 4.37. The van der Waals surface area contributed by atoms with Crippen molar-refractivity contribution in [1.29, 1.82) is 0 Å². The van der Waals surface area contributed by atoms with E-state index in [4.69, 9.17) is 0 Å². The molecule has 0 bridgehead atoms. The fourth-order valence-corrected chi connectivity index (χ4v) is 3.09. The van der Waals surface area contributed by atoms with E-state index in [2.05, 4.69) is 27.4 Å². The van der Waals surface area contributed by atoms with Gasteiger partial charge in [-0.25, -0.2) is 0 Å². The molecule has 0 saturated carbocycles. The van der Waals surface area contributed by atoms with Gasteiger partial charge in [-0.15, -0.1) is 0 Å². The second kappa shape index (κ2) is 8.35. The van der Waals surface area contributed by atoms with Gasteiger partial charge in [-0.1, -0.05) is 42.5 Å². The smallest absolute Gasteiger partial charge is 0.271 e. The Balaban J connectivity index is 1.50. The lowest BCUT2D eigenvalue weighted by molar-refractivity contribution is 0.102. The Hall–Kier alpha value is -3.99. The molecule has 2 N–H and O–H groups in total. The van der Waals surface area contributed by atoms with Crippen LogP contribution in [0.3, 0.4) is 0 Å². The minimum Gasteiger partial charge on any atom is -0.327 e. The molecule has 4 aromatic rings. The Morgan fingerprint density at radius 2 is 1.55 bits per heavy atom. The first kappa shape index (κ1) is 18.4. The Morgan fingerprint density at radius 1 is 0.862 bits per heavy atom. The molecule has 1 amide bonds. The number of anilines is 1. The molecule has 0 aliphatic heterocycles. The maximum Gasteiger partial charge on any atom is 0.271 e. The first-order valence-electron chi connectivity index (χ1n) is 9.26. The summed E-state index contributed by atoms with van der Waals surface area (Å²) in [6.45, 7) is 0. The van der Waals surface area contributed by atoms with Crippen molar-refractivity contribution in [2.75, 3.05) is 5.32 Å². The van der Waals surface area contributed by atoms with Crippen molar-refractivity contribution in [2.24, 2.45) is 0 Å². The van der Waals surface area contributed by atoms with Gasteiger partial charge >= 0.3 is 0 Å². The number of rotatable bonds is 5. The van der Waals surface area contributed by atoms with Gasteiger partial charge in [0, 0.05) is 29.7 Å². The van der Waals surface area contributed by atoms with Gasteiger partial charge in [0.1, 0.15) is 5.69 Å². The van der Waals surface area contributed by atoms with Crippen LogP contribution < -0.4 is 10.9 Å². The van der Waals surface area contributed by atoms with Crippen molar-refractivity contribution in [1.82, 2.24) is 9.97 Å². The van der Waals surface area contributed by atoms with Crippen LogP contribution in [0.15, 0.2) is 96.2 Å². The van der Waals surface area contributed by atoms with E-state index < -0.39 is 0 Å². The number of nitrogens with one attached hydrogen (secondary N) is 2. The highest BCUT2D eigenvalue weighted by molar-refractivity contribution is 6.04. The average molecular weight is 381 g/mol. The van der Waals surface area contributed by atoms with Gasteiger partial charge in [0.2, 0.25) is 0 Å². The summed E-state index contributed by atoms with van der Waals surface area (Å²) in [6, 6.07) is 22.9. The first-order valence-corrected chi connectivity index (χ1v) is 9.26. The Bertz CT molecular complexity index is 1170.